The van der Waals surface area contributed by atoms with Gasteiger partial charge in [-0.05, 0) is 18.2 Å². The Morgan fingerprint density at radius 3 is 2.89 bits per heavy atom. The zero-order chi connectivity index (χ0) is 13.0. The maximum Gasteiger partial charge on any atom is 0.274 e. The zero-order valence-corrected chi connectivity index (χ0v) is 9.43. The van der Waals surface area contributed by atoms with Crippen molar-refractivity contribution in [1.82, 2.24) is 0 Å². The first-order chi connectivity index (χ1) is 8.65. The number of nitrogens with zero attached hydrogens (tertiary/aromatic N) is 1. The highest BCUT2D eigenvalue weighted by atomic mass is 19.1. The molecule has 94 valence electrons. The van der Waals surface area contributed by atoms with Crippen LogP contribution in [0.15, 0.2) is 41.0 Å². The number of rotatable bonds is 5. The predicted octanol–water partition coefficient (Wildman–Crippen LogP) is 2.98. The number of anilines is 1. The average Bonchev–Trinajstić information content (AvgIpc) is 2.81. The lowest BCUT2D eigenvalue weighted by atomic mass is 10.2. The summed E-state index contributed by atoms with van der Waals surface area (Å²) in [7, 11) is 0. The van der Waals surface area contributed by atoms with Crippen molar-refractivity contribution in [3.63, 3.8) is 0 Å². The number of furan rings is 1. The summed E-state index contributed by atoms with van der Waals surface area (Å²) in [6.45, 7) is 0.508. The molecule has 2 aromatic rings. The van der Waals surface area contributed by atoms with Gasteiger partial charge in [-0.1, -0.05) is 0 Å². The van der Waals surface area contributed by atoms with Crippen LogP contribution in [0.5, 0.6) is 0 Å². The van der Waals surface area contributed by atoms with Crippen molar-refractivity contribution < 1.29 is 13.7 Å². The molecule has 0 aliphatic carbocycles. The van der Waals surface area contributed by atoms with Gasteiger partial charge in [-0.15, -0.1) is 0 Å². The van der Waals surface area contributed by atoms with E-state index >= 15 is 0 Å². The standard InChI is InChI=1S/C12H11FN2O3/c13-9-6-10(8-11(7-9)15(16)17)14-4-3-12-2-1-5-18-12/h1-2,5-8,14H,3-4H2. The lowest BCUT2D eigenvalue weighted by Crippen LogP contribution is -2.05. The molecule has 0 saturated carbocycles. The lowest BCUT2D eigenvalue weighted by molar-refractivity contribution is -0.385. The van der Waals surface area contributed by atoms with Crippen molar-refractivity contribution in [1.29, 1.82) is 0 Å². The molecular formula is C12H11FN2O3. The fraction of sp³-hybridized carbons (Fsp3) is 0.167. The monoisotopic (exact) mass is 250 g/mol. The SMILES string of the molecule is O=[N+]([O-])c1cc(F)cc(NCCc2ccco2)c1. The van der Waals surface area contributed by atoms with Gasteiger partial charge < -0.3 is 9.73 Å². The Morgan fingerprint density at radius 2 is 2.22 bits per heavy atom. The van der Waals surface area contributed by atoms with E-state index in [0.29, 0.717) is 18.7 Å². The Hall–Kier alpha value is -2.37. The van der Waals surface area contributed by atoms with Crippen LogP contribution in [0.4, 0.5) is 15.8 Å². The van der Waals surface area contributed by atoms with Crippen molar-refractivity contribution in [2.45, 2.75) is 6.42 Å². The molecule has 1 N–H and O–H groups in total. The smallest absolute Gasteiger partial charge is 0.274 e. The first-order valence-corrected chi connectivity index (χ1v) is 5.36. The molecule has 0 spiro atoms. The number of nitro benzene ring substituents is 1. The Labute approximate surface area is 102 Å². The Kier molecular flexibility index (Phi) is 3.57. The number of benzene rings is 1. The summed E-state index contributed by atoms with van der Waals surface area (Å²) < 4.78 is 18.3. The molecule has 0 saturated heterocycles. The van der Waals surface area contributed by atoms with Crippen LogP contribution in [0.25, 0.3) is 0 Å². The van der Waals surface area contributed by atoms with Crippen LogP contribution in [-0.2, 0) is 6.42 Å². The van der Waals surface area contributed by atoms with Crippen molar-refractivity contribution in [2.24, 2.45) is 0 Å². The minimum absolute atomic E-state index is 0.268. The van der Waals surface area contributed by atoms with Crippen LogP contribution in [0.1, 0.15) is 5.76 Å². The Bertz CT molecular complexity index is 540. The predicted molar refractivity (Wildman–Crippen MR) is 64.0 cm³/mol. The van der Waals surface area contributed by atoms with Crippen molar-refractivity contribution >= 4 is 11.4 Å². The van der Waals surface area contributed by atoms with Gasteiger partial charge in [0.25, 0.3) is 5.69 Å². The molecule has 5 nitrogen and oxygen atoms in total. The normalized spacial score (nSPS) is 10.3. The summed E-state index contributed by atoms with van der Waals surface area (Å²) in [6.07, 6.45) is 2.19. The molecule has 6 heteroatoms. The lowest BCUT2D eigenvalue weighted by Gasteiger charge is -2.05. The molecular weight excluding hydrogens is 239 g/mol. The third-order valence-electron chi connectivity index (χ3n) is 2.37. The first-order valence-electron chi connectivity index (χ1n) is 5.36. The summed E-state index contributed by atoms with van der Waals surface area (Å²) in [5.74, 6) is 0.165. The van der Waals surface area contributed by atoms with Crippen LogP contribution in [0.3, 0.4) is 0 Å². The zero-order valence-electron chi connectivity index (χ0n) is 9.43. The molecule has 0 bridgehead atoms. The van der Waals surface area contributed by atoms with E-state index in [-0.39, 0.29) is 5.69 Å². The van der Waals surface area contributed by atoms with Gasteiger partial charge in [-0.3, -0.25) is 10.1 Å². The van der Waals surface area contributed by atoms with E-state index in [1.54, 1.807) is 12.3 Å². The fourth-order valence-electron chi connectivity index (χ4n) is 1.57. The molecule has 0 amide bonds. The van der Waals surface area contributed by atoms with E-state index in [2.05, 4.69) is 5.32 Å². The summed E-state index contributed by atoms with van der Waals surface area (Å²) in [6, 6.07) is 7.01. The molecule has 1 aromatic heterocycles. The second-order valence-corrected chi connectivity index (χ2v) is 3.71. The highest BCUT2D eigenvalue weighted by Crippen LogP contribution is 2.19. The first kappa shape index (κ1) is 12.1. The van der Waals surface area contributed by atoms with Crippen LogP contribution in [0, 0.1) is 15.9 Å². The molecule has 0 fully saturated rings. The Balaban J connectivity index is 1.98. The van der Waals surface area contributed by atoms with Crippen molar-refractivity contribution in [3.8, 4) is 0 Å². The van der Waals surface area contributed by atoms with Crippen LogP contribution < -0.4 is 5.32 Å². The van der Waals surface area contributed by atoms with Gasteiger partial charge in [0, 0.05) is 24.7 Å². The minimum atomic E-state index is -0.635. The summed E-state index contributed by atoms with van der Waals surface area (Å²) in [4.78, 5) is 9.94. The molecule has 0 unspecified atom stereocenters. The number of halogens is 1. The number of hydrogen-bond donors (Lipinski definition) is 1. The highest BCUT2D eigenvalue weighted by Gasteiger charge is 2.09. The maximum absolute atomic E-state index is 13.1. The van der Waals surface area contributed by atoms with E-state index in [9.17, 15) is 14.5 Å². The second kappa shape index (κ2) is 5.31. The average molecular weight is 250 g/mol. The van der Waals surface area contributed by atoms with Crippen LogP contribution >= 0.6 is 0 Å². The number of hydrogen-bond acceptors (Lipinski definition) is 4. The molecule has 0 aliphatic rings. The van der Waals surface area contributed by atoms with Gasteiger partial charge in [-0.2, -0.15) is 0 Å². The molecule has 0 aliphatic heterocycles. The molecule has 1 heterocycles. The third-order valence-corrected chi connectivity index (χ3v) is 2.37. The topological polar surface area (TPSA) is 68.3 Å². The third kappa shape index (κ3) is 3.07. The molecule has 0 atom stereocenters. The summed E-state index contributed by atoms with van der Waals surface area (Å²) >= 11 is 0. The van der Waals surface area contributed by atoms with Crippen LogP contribution in [-0.4, -0.2) is 11.5 Å². The highest BCUT2D eigenvalue weighted by molar-refractivity contribution is 5.51. The Morgan fingerprint density at radius 1 is 1.39 bits per heavy atom. The van der Waals surface area contributed by atoms with Gasteiger partial charge in [0.15, 0.2) is 0 Å². The van der Waals surface area contributed by atoms with E-state index < -0.39 is 10.7 Å². The number of non-ortho nitro benzene ring substituents is 1. The molecule has 1 aromatic carbocycles. The largest absolute Gasteiger partial charge is 0.469 e. The summed E-state index contributed by atoms with van der Waals surface area (Å²) in [5, 5.41) is 13.5. The molecule has 18 heavy (non-hydrogen) atoms. The van der Waals surface area contributed by atoms with Gasteiger partial charge in [0.1, 0.15) is 11.6 Å². The van der Waals surface area contributed by atoms with Crippen molar-refractivity contribution in [3.05, 3.63) is 58.3 Å². The number of nitrogens with one attached hydrogen (secondary N) is 1. The van der Waals surface area contributed by atoms with E-state index in [1.165, 1.54) is 12.1 Å². The van der Waals surface area contributed by atoms with Crippen molar-refractivity contribution in [2.75, 3.05) is 11.9 Å². The number of nitro groups is 1. The maximum atomic E-state index is 13.1. The van der Waals surface area contributed by atoms with Gasteiger partial charge in [0.05, 0.1) is 17.3 Å². The van der Waals surface area contributed by atoms with Gasteiger partial charge >= 0.3 is 0 Å². The molecule has 2 rings (SSSR count). The van der Waals surface area contributed by atoms with E-state index in [0.717, 1.165) is 11.8 Å². The molecule has 0 radical (unpaired) electrons. The fourth-order valence-corrected chi connectivity index (χ4v) is 1.57. The van der Waals surface area contributed by atoms with E-state index in [4.69, 9.17) is 4.42 Å². The quantitative estimate of drug-likeness (QED) is 0.654. The second-order valence-electron chi connectivity index (χ2n) is 3.71. The summed E-state index contributed by atoms with van der Waals surface area (Å²) in [5.41, 5.74) is 0.115. The van der Waals surface area contributed by atoms with Crippen LogP contribution in [0.2, 0.25) is 0 Å². The minimum Gasteiger partial charge on any atom is -0.469 e. The van der Waals surface area contributed by atoms with Gasteiger partial charge in [0.2, 0.25) is 0 Å². The van der Waals surface area contributed by atoms with E-state index in [1.807, 2.05) is 6.07 Å². The van der Waals surface area contributed by atoms with Gasteiger partial charge in [-0.25, -0.2) is 4.39 Å².